The Morgan fingerprint density at radius 1 is 1.07 bits per heavy atom. The number of nitrogens with zero attached hydrogens (tertiary/aromatic N) is 2. The normalized spacial score (nSPS) is 23.4. The Morgan fingerprint density at radius 3 is 2.37 bits per heavy atom. The predicted molar refractivity (Wildman–Crippen MR) is 108 cm³/mol. The lowest BCUT2D eigenvalue weighted by Gasteiger charge is -2.41. The highest BCUT2D eigenvalue weighted by molar-refractivity contribution is 5.79. The molecule has 0 radical (unpaired) electrons. The average Bonchev–Trinajstić information content (AvgIpc) is 2.68. The summed E-state index contributed by atoms with van der Waals surface area (Å²) in [4.78, 5) is 29.4. The molecule has 3 aliphatic rings. The molecule has 27 heavy (non-hydrogen) atoms. The van der Waals surface area contributed by atoms with Crippen LogP contribution in [-0.4, -0.2) is 59.9 Å². The van der Waals surface area contributed by atoms with E-state index >= 15 is 0 Å². The lowest BCUT2D eigenvalue weighted by Crippen LogP contribution is -2.50. The van der Waals surface area contributed by atoms with Crippen molar-refractivity contribution in [2.45, 2.75) is 83.7 Å². The highest BCUT2D eigenvalue weighted by Gasteiger charge is 2.31. The highest BCUT2D eigenvalue weighted by Crippen LogP contribution is 2.26. The summed E-state index contributed by atoms with van der Waals surface area (Å²) in [5, 5.41) is 3.05. The van der Waals surface area contributed by atoms with Crippen LogP contribution in [0.2, 0.25) is 0 Å². The monoisotopic (exact) mass is 375 g/mol. The molecule has 3 rings (SSSR count). The summed E-state index contributed by atoms with van der Waals surface area (Å²) in [6.07, 6.45) is 11.8. The van der Waals surface area contributed by atoms with Crippen molar-refractivity contribution in [1.29, 1.82) is 0 Å². The number of amides is 2. The smallest absolute Gasteiger partial charge is 0.226 e. The van der Waals surface area contributed by atoms with Crippen LogP contribution in [0.4, 0.5) is 0 Å². The molecule has 2 fully saturated rings. The lowest BCUT2D eigenvalue weighted by atomic mass is 9.92. The minimum absolute atomic E-state index is 0.175. The molecule has 5 nitrogen and oxygen atoms in total. The number of piperidine rings is 2. The molecule has 0 saturated carbocycles. The second-order valence-electron chi connectivity index (χ2n) is 8.87. The molecule has 2 saturated heterocycles. The molecule has 1 aliphatic carbocycles. The standard InChI is InChI=1S/C22H37N3O2/c1-17(2)23-22(27)19-8-12-24(13-9-19)20-10-14-25(15-11-20)21(26)16-18-6-4-3-5-7-18/h6,17,19-20H,3-5,7-16H2,1-2H3,(H,23,27). The summed E-state index contributed by atoms with van der Waals surface area (Å²) >= 11 is 0. The van der Waals surface area contributed by atoms with E-state index in [0.717, 1.165) is 64.7 Å². The molecule has 2 heterocycles. The van der Waals surface area contributed by atoms with Crippen LogP contribution in [0.1, 0.15) is 71.6 Å². The maximum Gasteiger partial charge on any atom is 0.226 e. The number of rotatable bonds is 5. The minimum Gasteiger partial charge on any atom is -0.354 e. The van der Waals surface area contributed by atoms with Crippen molar-refractivity contribution in [3.8, 4) is 0 Å². The van der Waals surface area contributed by atoms with Gasteiger partial charge in [0.25, 0.3) is 0 Å². The van der Waals surface area contributed by atoms with Gasteiger partial charge in [0, 0.05) is 37.5 Å². The first-order valence-corrected chi connectivity index (χ1v) is 11.0. The fraction of sp³-hybridized carbons (Fsp3) is 0.818. The largest absolute Gasteiger partial charge is 0.354 e. The fourth-order valence-corrected chi connectivity index (χ4v) is 4.78. The molecule has 0 aromatic heterocycles. The van der Waals surface area contributed by atoms with Crippen molar-refractivity contribution in [2.75, 3.05) is 26.2 Å². The van der Waals surface area contributed by atoms with Gasteiger partial charge in [-0.2, -0.15) is 0 Å². The van der Waals surface area contributed by atoms with E-state index in [1.807, 2.05) is 13.8 Å². The van der Waals surface area contributed by atoms with Crippen LogP contribution in [0.5, 0.6) is 0 Å². The third-order valence-electron chi connectivity index (χ3n) is 6.43. The van der Waals surface area contributed by atoms with Gasteiger partial charge in [0.2, 0.25) is 11.8 Å². The number of carbonyl (C=O) groups is 2. The first-order chi connectivity index (χ1) is 13.0. The fourth-order valence-electron chi connectivity index (χ4n) is 4.78. The predicted octanol–water partition coefficient (Wildman–Crippen LogP) is 3.10. The number of hydrogen-bond donors (Lipinski definition) is 1. The van der Waals surface area contributed by atoms with Crippen molar-refractivity contribution in [1.82, 2.24) is 15.1 Å². The van der Waals surface area contributed by atoms with Gasteiger partial charge in [-0.1, -0.05) is 11.6 Å². The molecule has 0 aromatic carbocycles. The van der Waals surface area contributed by atoms with E-state index in [4.69, 9.17) is 0 Å². The van der Waals surface area contributed by atoms with Crippen molar-refractivity contribution in [2.24, 2.45) is 5.92 Å². The molecule has 2 amide bonds. The van der Waals surface area contributed by atoms with E-state index in [2.05, 4.69) is 21.2 Å². The molecule has 0 bridgehead atoms. The highest BCUT2D eigenvalue weighted by atomic mass is 16.2. The van der Waals surface area contributed by atoms with Crippen molar-refractivity contribution in [3.05, 3.63) is 11.6 Å². The van der Waals surface area contributed by atoms with E-state index < -0.39 is 0 Å². The van der Waals surface area contributed by atoms with Gasteiger partial charge >= 0.3 is 0 Å². The Balaban J connectivity index is 1.39. The number of carbonyl (C=O) groups excluding carboxylic acids is 2. The molecular formula is C22H37N3O2. The van der Waals surface area contributed by atoms with Crippen LogP contribution in [-0.2, 0) is 9.59 Å². The Hall–Kier alpha value is -1.36. The zero-order valence-corrected chi connectivity index (χ0v) is 17.2. The van der Waals surface area contributed by atoms with Gasteiger partial charge in [-0.3, -0.25) is 9.59 Å². The molecule has 2 aliphatic heterocycles. The molecule has 152 valence electrons. The molecule has 1 N–H and O–H groups in total. The molecule has 0 aromatic rings. The number of likely N-dealkylation sites (tertiary alicyclic amines) is 2. The lowest BCUT2D eigenvalue weighted by molar-refractivity contribution is -0.132. The first kappa shape index (κ1) is 20.4. The van der Waals surface area contributed by atoms with E-state index in [-0.39, 0.29) is 17.9 Å². The third kappa shape index (κ3) is 5.81. The maximum atomic E-state index is 12.6. The van der Waals surface area contributed by atoms with Crippen LogP contribution < -0.4 is 5.32 Å². The van der Waals surface area contributed by atoms with Crippen molar-refractivity contribution in [3.63, 3.8) is 0 Å². The van der Waals surface area contributed by atoms with Gasteiger partial charge in [-0.15, -0.1) is 0 Å². The van der Waals surface area contributed by atoms with E-state index in [1.54, 1.807) is 0 Å². The van der Waals surface area contributed by atoms with E-state index in [0.29, 0.717) is 18.4 Å². The van der Waals surface area contributed by atoms with Crippen LogP contribution in [0.3, 0.4) is 0 Å². The number of hydrogen-bond acceptors (Lipinski definition) is 3. The van der Waals surface area contributed by atoms with E-state index in [9.17, 15) is 9.59 Å². The zero-order chi connectivity index (χ0) is 19.2. The topological polar surface area (TPSA) is 52.7 Å². The summed E-state index contributed by atoms with van der Waals surface area (Å²) in [5.74, 6) is 0.724. The Kier molecular flexibility index (Phi) is 7.33. The van der Waals surface area contributed by atoms with Crippen molar-refractivity contribution < 1.29 is 9.59 Å². The summed E-state index contributed by atoms with van der Waals surface area (Å²) in [6.45, 7) is 7.86. The SMILES string of the molecule is CC(C)NC(=O)C1CCN(C2CCN(C(=O)CC3=CCCCC3)CC2)CC1. The number of allylic oxidation sites excluding steroid dienone is 1. The average molecular weight is 376 g/mol. The van der Waals surface area contributed by atoms with Crippen LogP contribution in [0, 0.1) is 5.92 Å². The molecular weight excluding hydrogens is 338 g/mol. The van der Waals surface area contributed by atoms with E-state index in [1.165, 1.54) is 18.4 Å². The molecule has 0 spiro atoms. The summed E-state index contributed by atoms with van der Waals surface area (Å²) in [5.41, 5.74) is 1.36. The maximum absolute atomic E-state index is 12.6. The number of nitrogens with one attached hydrogen (secondary N) is 1. The summed E-state index contributed by atoms with van der Waals surface area (Å²) < 4.78 is 0. The van der Waals surface area contributed by atoms with Gasteiger partial charge in [0.15, 0.2) is 0 Å². The third-order valence-corrected chi connectivity index (χ3v) is 6.43. The molecule has 0 unspecified atom stereocenters. The molecule has 0 atom stereocenters. The summed E-state index contributed by atoms with van der Waals surface area (Å²) in [6, 6.07) is 0.804. The Morgan fingerprint density at radius 2 is 1.78 bits per heavy atom. The van der Waals surface area contributed by atoms with Gasteiger partial charge in [-0.05, 0) is 78.3 Å². The second kappa shape index (κ2) is 9.72. The van der Waals surface area contributed by atoms with Crippen LogP contribution in [0.15, 0.2) is 11.6 Å². The molecule has 5 heteroatoms. The Labute approximate surface area is 164 Å². The van der Waals surface area contributed by atoms with Gasteiger partial charge in [0.1, 0.15) is 0 Å². The minimum atomic E-state index is 0.175. The first-order valence-electron chi connectivity index (χ1n) is 11.0. The van der Waals surface area contributed by atoms with Crippen LogP contribution in [0.25, 0.3) is 0 Å². The quantitative estimate of drug-likeness (QED) is 0.751. The van der Waals surface area contributed by atoms with Gasteiger partial charge in [-0.25, -0.2) is 0 Å². The zero-order valence-electron chi connectivity index (χ0n) is 17.2. The summed E-state index contributed by atoms with van der Waals surface area (Å²) in [7, 11) is 0. The van der Waals surface area contributed by atoms with Gasteiger partial charge < -0.3 is 15.1 Å². The van der Waals surface area contributed by atoms with Crippen molar-refractivity contribution >= 4 is 11.8 Å². The van der Waals surface area contributed by atoms with Gasteiger partial charge in [0.05, 0.1) is 0 Å². The second-order valence-corrected chi connectivity index (χ2v) is 8.87. The van der Waals surface area contributed by atoms with Crippen LogP contribution >= 0.6 is 0 Å². The Bertz CT molecular complexity index is 542.